The van der Waals surface area contributed by atoms with E-state index in [0.29, 0.717) is 0 Å². The van der Waals surface area contributed by atoms with Crippen molar-refractivity contribution < 1.29 is 9.90 Å². The summed E-state index contributed by atoms with van der Waals surface area (Å²) in [5.41, 5.74) is 3.42. The van der Waals surface area contributed by atoms with E-state index in [-0.39, 0.29) is 6.54 Å². The predicted molar refractivity (Wildman–Crippen MR) is 42.0 cm³/mol. The molecule has 1 amide bonds. The molecule has 1 aromatic heterocycles. The molecule has 0 aliphatic carbocycles. The van der Waals surface area contributed by atoms with Gasteiger partial charge in [-0.05, 0) is 13.0 Å². The van der Waals surface area contributed by atoms with Crippen LogP contribution in [0.3, 0.4) is 0 Å². The van der Waals surface area contributed by atoms with Gasteiger partial charge in [0, 0.05) is 12.4 Å². The Hall–Kier alpha value is -1.36. The highest BCUT2D eigenvalue weighted by atomic mass is 16.3. The van der Waals surface area contributed by atoms with Gasteiger partial charge in [-0.2, -0.15) is 5.10 Å². The van der Waals surface area contributed by atoms with E-state index in [1.165, 1.54) is 11.6 Å². The Morgan fingerprint density at radius 3 is 2.92 bits per heavy atom. The second kappa shape index (κ2) is 2.94. The van der Waals surface area contributed by atoms with E-state index >= 15 is 0 Å². The number of aromatic nitrogens is 2. The van der Waals surface area contributed by atoms with Crippen LogP contribution in [0.1, 0.15) is 6.92 Å². The van der Waals surface area contributed by atoms with Crippen molar-refractivity contribution in [1.82, 2.24) is 9.78 Å². The summed E-state index contributed by atoms with van der Waals surface area (Å²) >= 11 is 0. The quantitative estimate of drug-likeness (QED) is 0.616. The lowest BCUT2D eigenvalue weighted by Crippen LogP contribution is -2.44. The minimum atomic E-state index is -1.54. The molecule has 0 saturated heterocycles. The Labute approximate surface area is 69.8 Å². The lowest BCUT2D eigenvalue weighted by atomic mass is 10.1. The van der Waals surface area contributed by atoms with Crippen molar-refractivity contribution in [2.45, 2.75) is 19.1 Å². The van der Waals surface area contributed by atoms with E-state index in [4.69, 9.17) is 5.73 Å². The van der Waals surface area contributed by atoms with E-state index in [1.807, 2.05) is 0 Å². The standard InChI is InChI=1S/C7H11N3O2/c1-7(12,6(8)11)5-10-4-2-3-9-10/h2-4,12H,5H2,1H3,(H2,8,11). The first-order valence-corrected chi connectivity index (χ1v) is 3.52. The average molecular weight is 169 g/mol. The molecule has 0 aliphatic heterocycles. The van der Waals surface area contributed by atoms with Gasteiger partial charge in [-0.3, -0.25) is 9.48 Å². The van der Waals surface area contributed by atoms with Crippen molar-refractivity contribution in [3.8, 4) is 0 Å². The largest absolute Gasteiger partial charge is 0.378 e. The van der Waals surface area contributed by atoms with E-state index in [1.54, 1.807) is 18.5 Å². The minimum absolute atomic E-state index is 0.0787. The molecule has 5 heteroatoms. The summed E-state index contributed by atoms with van der Waals surface area (Å²) in [6, 6.07) is 1.71. The summed E-state index contributed by atoms with van der Waals surface area (Å²) < 4.78 is 1.45. The number of amides is 1. The molecule has 0 bridgehead atoms. The van der Waals surface area contributed by atoms with Crippen molar-refractivity contribution >= 4 is 5.91 Å². The van der Waals surface area contributed by atoms with Crippen LogP contribution in [-0.4, -0.2) is 26.4 Å². The van der Waals surface area contributed by atoms with Gasteiger partial charge in [0.05, 0.1) is 6.54 Å². The molecule has 0 aromatic carbocycles. The minimum Gasteiger partial charge on any atom is -0.378 e. The summed E-state index contributed by atoms with van der Waals surface area (Å²) in [5, 5.41) is 13.3. The second-order valence-corrected chi connectivity index (χ2v) is 2.84. The summed E-state index contributed by atoms with van der Waals surface area (Å²) in [7, 11) is 0. The summed E-state index contributed by atoms with van der Waals surface area (Å²) in [6.45, 7) is 1.44. The van der Waals surface area contributed by atoms with Crippen LogP contribution < -0.4 is 5.73 Å². The van der Waals surface area contributed by atoms with Gasteiger partial charge >= 0.3 is 0 Å². The lowest BCUT2D eigenvalue weighted by molar-refractivity contribution is -0.136. The molecule has 1 atom stereocenters. The topological polar surface area (TPSA) is 81.1 Å². The fourth-order valence-corrected chi connectivity index (χ4v) is 0.787. The number of nitrogens with two attached hydrogens (primary N) is 1. The summed E-state index contributed by atoms with van der Waals surface area (Å²) in [5.74, 6) is -0.752. The highest BCUT2D eigenvalue weighted by molar-refractivity contribution is 5.82. The summed E-state index contributed by atoms with van der Waals surface area (Å²) in [4.78, 5) is 10.7. The van der Waals surface area contributed by atoms with Crippen LogP contribution in [0.4, 0.5) is 0 Å². The van der Waals surface area contributed by atoms with Gasteiger partial charge in [-0.15, -0.1) is 0 Å². The number of primary amides is 1. The molecular weight excluding hydrogens is 158 g/mol. The number of nitrogens with zero attached hydrogens (tertiary/aromatic N) is 2. The molecule has 1 rings (SSSR count). The van der Waals surface area contributed by atoms with Crippen molar-refractivity contribution in [3.63, 3.8) is 0 Å². The van der Waals surface area contributed by atoms with E-state index < -0.39 is 11.5 Å². The van der Waals surface area contributed by atoms with Gasteiger partial charge in [-0.25, -0.2) is 0 Å². The molecule has 0 radical (unpaired) electrons. The van der Waals surface area contributed by atoms with E-state index in [9.17, 15) is 9.90 Å². The van der Waals surface area contributed by atoms with Gasteiger partial charge in [0.15, 0.2) is 5.60 Å². The third-order valence-electron chi connectivity index (χ3n) is 1.56. The van der Waals surface area contributed by atoms with Crippen molar-refractivity contribution in [2.75, 3.05) is 0 Å². The van der Waals surface area contributed by atoms with Crippen LogP contribution in [0.25, 0.3) is 0 Å². The number of carbonyl (C=O) groups is 1. The second-order valence-electron chi connectivity index (χ2n) is 2.84. The fourth-order valence-electron chi connectivity index (χ4n) is 0.787. The fraction of sp³-hybridized carbons (Fsp3) is 0.429. The Balaban J connectivity index is 2.69. The first kappa shape index (κ1) is 8.73. The van der Waals surface area contributed by atoms with Gasteiger partial charge in [-0.1, -0.05) is 0 Å². The predicted octanol–water partition coefficient (Wildman–Crippen LogP) is -0.881. The molecule has 0 spiro atoms. The Bertz CT molecular complexity index is 266. The molecule has 12 heavy (non-hydrogen) atoms. The highest BCUT2D eigenvalue weighted by Crippen LogP contribution is 2.04. The highest BCUT2D eigenvalue weighted by Gasteiger charge is 2.28. The van der Waals surface area contributed by atoms with Crippen molar-refractivity contribution in [1.29, 1.82) is 0 Å². The van der Waals surface area contributed by atoms with Gasteiger partial charge in [0.2, 0.25) is 0 Å². The third-order valence-corrected chi connectivity index (χ3v) is 1.56. The molecule has 1 unspecified atom stereocenters. The summed E-state index contributed by atoms with van der Waals surface area (Å²) in [6.07, 6.45) is 3.22. The van der Waals surface area contributed by atoms with Gasteiger partial charge < -0.3 is 10.8 Å². The van der Waals surface area contributed by atoms with Crippen LogP contribution in [0, 0.1) is 0 Å². The zero-order valence-corrected chi connectivity index (χ0v) is 6.77. The monoisotopic (exact) mass is 169 g/mol. The van der Waals surface area contributed by atoms with E-state index in [2.05, 4.69) is 5.10 Å². The lowest BCUT2D eigenvalue weighted by Gasteiger charge is -2.18. The molecule has 0 saturated carbocycles. The van der Waals surface area contributed by atoms with Crippen LogP contribution in [-0.2, 0) is 11.3 Å². The number of hydrogen-bond acceptors (Lipinski definition) is 3. The zero-order chi connectivity index (χ0) is 9.19. The number of carbonyl (C=O) groups excluding carboxylic acids is 1. The Morgan fingerprint density at radius 1 is 1.83 bits per heavy atom. The van der Waals surface area contributed by atoms with Gasteiger partial charge in [0.25, 0.3) is 5.91 Å². The normalized spacial score (nSPS) is 15.5. The molecule has 1 heterocycles. The van der Waals surface area contributed by atoms with Crippen molar-refractivity contribution in [3.05, 3.63) is 18.5 Å². The molecular formula is C7H11N3O2. The maximum absolute atomic E-state index is 10.7. The maximum atomic E-state index is 10.7. The zero-order valence-electron chi connectivity index (χ0n) is 6.77. The first-order valence-electron chi connectivity index (χ1n) is 3.52. The number of hydrogen-bond donors (Lipinski definition) is 2. The van der Waals surface area contributed by atoms with E-state index in [0.717, 1.165) is 0 Å². The van der Waals surface area contributed by atoms with Crippen LogP contribution in [0.5, 0.6) is 0 Å². The Morgan fingerprint density at radius 2 is 2.50 bits per heavy atom. The SMILES string of the molecule is CC(O)(Cn1cccn1)C(N)=O. The Kier molecular flexibility index (Phi) is 2.14. The molecule has 3 N–H and O–H groups in total. The van der Waals surface area contributed by atoms with Crippen LogP contribution in [0.2, 0.25) is 0 Å². The average Bonchev–Trinajstić information content (AvgIpc) is 2.38. The number of rotatable bonds is 3. The molecule has 66 valence electrons. The van der Waals surface area contributed by atoms with Gasteiger partial charge in [0.1, 0.15) is 0 Å². The van der Waals surface area contributed by atoms with Crippen LogP contribution >= 0.6 is 0 Å². The first-order chi connectivity index (χ1) is 5.52. The van der Waals surface area contributed by atoms with Crippen molar-refractivity contribution in [2.24, 2.45) is 5.73 Å². The molecule has 0 fully saturated rings. The van der Waals surface area contributed by atoms with Crippen LogP contribution in [0.15, 0.2) is 18.5 Å². The third kappa shape index (κ3) is 1.82. The molecule has 5 nitrogen and oxygen atoms in total. The smallest absolute Gasteiger partial charge is 0.251 e. The number of aliphatic hydroxyl groups is 1. The maximum Gasteiger partial charge on any atom is 0.251 e. The molecule has 1 aromatic rings. The molecule has 0 aliphatic rings.